The molecule has 1 fully saturated rings. The maximum Gasteiger partial charge on any atom is 0.255 e. The second-order valence-electron chi connectivity index (χ2n) is 4.24. The lowest BCUT2D eigenvalue weighted by Crippen LogP contribution is -2.30. The number of nitrogens with two attached hydrogens (primary N) is 1. The van der Waals surface area contributed by atoms with Crippen LogP contribution in [0.1, 0.15) is 16.8 Å². The number of halogens is 2. The first-order chi connectivity index (χ1) is 8.13. The van der Waals surface area contributed by atoms with Crippen molar-refractivity contribution >= 4 is 29.1 Å². The Labute approximate surface area is 110 Å². The normalized spacial score (nSPS) is 19.7. The van der Waals surface area contributed by atoms with Gasteiger partial charge in [0, 0.05) is 13.1 Å². The maximum atomic E-state index is 12.2. The van der Waals surface area contributed by atoms with Crippen LogP contribution in [0.15, 0.2) is 18.2 Å². The fraction of sp³-hybridized carbons (Fsp3) is 0.417. The summed E-state index contributed by atoms with van der Waals surface area (Å²) in [4.78, 5) is 14.0. The smallest absolute Gasteiger partial charge is 0.255 e. The highest BCUT2D eigenvalue weighted by Gasteiger charge is 2.27. The molecular weight excluding hydrogens is 259 g/mol. The van der Waals surface area contributed by atoms with E-state index in [9.17, 15) is 4.79 Å². The van der Waals surface area contributed by atoms with Crippen LogP contribution in [0.3, 0.4) is 0 Å². The molecule has 17 heavy (non-hydrogen) atoms. The van der Waals surface area contributed by atoms with Gasteiger partial charge in [0.15, 0.2) is 0 Å². The molecule has 1 aliphatic heterocycles. The number of benzene rings is 1. The van der Waals surface area contributed by atoms with Crippen LogP contribution in [0.4, 0.5) is 0 Å². The molecule has 5 heteroatoms. The van der Waals surface area contributed by atoms with Gasteiger partial charge in [-0.1, -0.05) is 29.3 Å². The zero-order valence-corrected chi connectivity index (χ0v) is 10.8. The van der Waals surface area contributed by atoms with E-state index in [0.717, 1.165) is 13.0 Å². The predicted molar refractivity (Wildman–Crippen MR) is 69.5 cm³/mol. The number of amides is 1. The highest BCUT2D eigenvalue weighted by Crippen LogP contribution is 2.28. The van der Waals surface area contributed by atoms with Crippen LogP contribution in [-0.4, -0.2) is 30.4 Å². The van der Waals surface area contributed by atoms with E-state index < -0.39 is 0 Å². The topological polar surface area (TPSA) is 46.3 Å². The largest absolute Gasteiger partial charge is 0.338 e. The minimum Gasteiger partial charge on any atom is -0.338 e. The minimum atomic E-state index is -0.0616. The van der Waals surface area contributed by atoms with E-state index in [2.05, 4.69) is 0 Å². The van der Waals surface area contributed by atoms with Gasteiger partial charge in [0.1, 0.15) is 0 Å². The van der Waals surface area contributed by atoms with Crippen LogP contribution < -0.4 is 5.73 Å². The number of rotatable bonds is 2. The third kappa shape index (κ3) is 2.57. The van der Waals surface area contributed by atoms with Crippen molar-refractivity contribution in [2.75, 3.05) is 19.6 Å². The molecule has 0 aromatic heterocycles. The highest BCUT2D eigenvalue weighted by atomic mass is 35.5. The van der Waals surface area contributed by atoms with Crippen molar-refractivity contribution in [2.45, 2.75) is 6.42 Å². The van der Waals surface area contributed by atoms with Crippen LogP contribution >= 0.6 is 23.2 Å². The van der Waals surface area contributed by atoms with E-state index in [0.29, 0.717) is 34.6 Å². The molecule has 1 atom stereocenters. The zero-order valence-electron chi connectivity index (χ0n) is 9.33. The zero-order chi connectivity index (χ0) is 12.4. The number of nitrogens with zero attached hydrogens (tertiary/aromatic N) is 1. The van der Waals surface area contributed by atoms with Gasteiger partial charge in [-0.25, -0.2) is 0 Å². The molecule has 1 saturated heterocycles. The highest BCUT2D eigenvalue weighted by molar-refractivity contribution is 6.43. The average molecular weight is 273 g/mol. The van der Waals surface area contributed by atoms with E-state index >= 15 is 0 Å². The molecule has 1 aromatic rings. The first kappa shape index (κ1) is 12.7. The summed E-state index contributed by atoms with van der Waals surface area (Å²) < 4.78 is 0. The van der Waals surface area contributed by atoms with E-state index in [1.54, 1.807) is 23.1 Å². The quantitative estimate of drug-likeness (QED) is 0.899. The van der Waals surface area contributed by atoms with Gasteiger partial charge < -0.3 is 10.6 Å². The minimum absolute atomic E-state index is 0.0616. The van der Waals surface area contributed by atoms with Crippen LogP contribution in [0, 0.1) is 5.92 Å². The van der Waals surface area contributed by atoms with Gasteiger partial charge in [-0.2, -0.15) is 0 Å². The lowest BCUT2D eigenvalue weighted by Gasteiger charge is -2.17. The fourth-order valence-corrected chi connectivity index (χ4v) is 2.43. The summed E-state index contributed by atoms with van der Waals surface area (Å²) in [6.45, 7) is 2.06. The molecule has 0 aliphatic carbocycles. The number of hydrogen-bond acceptors (Lipinski definition) is 2. The number of carbonyl (C=O) groups is 1. The summed E-state index contributed by atoms with van der Waals surface area (Å²) in [6.07, 6.45) is 0.959. The Hall–Kier alpha value is -0.770. The monoisotopic (exact) mass is 272 g/mol. The fourth-order valence-electron chi connectivity index (χ4n) is 2.05. The van der Waals surface area contributed by atoms with Gasteiger partial charge in [-0.15, -0.1) is 0 Å². The van der Waals surface area contributed by atoms with Crippen LogP contribution in [0.2, 0.25) is 10.0 Å². The molecule has 3 nitrogen and oxygen atoms in total. The number of hydrogen-bond donors (Lipinski definition) is 1. The van der Waals surface area contributed by atoms with Gasteiger partial charge in [0.05, 0.1) is 15.6 Å². The summed E-state index contributed by atoms with van der Waals surface area (Å²) >= 11 is 11.9. The lowest BCUT2D eigenvalue weighted by atomic mass is 10.1. The molecule has 0 spiro atoms. The van der Waals surface area contributed by atoms with Crippen molar-refractivity contribution in [1.29, 1.82) is 0 Å². The maximum absolute atomic E-state index is 12.2. The van der Waals surface area contributed by atoms with Gasteiger partial charge in [-0.05, 0) is 31.0 Å². The third-order valence-electron chi connectivity index (χ3n) is 3.09. The van der Waals surface area contributed by atoms with Crippen molar-refractivity contribution in [1.82, 2.24) is 4.90 Å². The second kappa shape index (κ2) is 5.25. The van der Waals surface area contributed by atoms with Gasteiger partial charge in [0.25, 0.3) is 5.91 Å². The SMILES string of the molecule is NC[C@H]1CCN(C(=O)c2cccc(Cl)c2Cl)C1. The molecule has 1 aromatic carbocycles. The van der Waals surface area contributed by atoms with E-state index in [4.69, 9.17) is 28.9 Å². The summed E-state index contributed by atoms with van der Waals surface area (Å²) in [7, 11) is 0. The molecule has 2 N–H and O–H groups in total. The summed E-state index contributed by atoms with van der Waals surface area (Å²) in [5.74, 6) is 0.338. The molecule has 0 saturated carbocycles. The van der Waals surface area contributed by atoms with Crippen molar-refractivity contribution in [3.63, 3.8) is 0 Å². The van der Waals surface area contributed by atoms with Crippen LogP contribution in [-0.2, 0) is 0 Å². The molecule has 1 heterocycles. The average Bonchev–Trinajstić information content (AvgIpc) is 2.80. The Morgan fingerprint density at radius 1 is 1.47 bits per heavy atom. The molecule has 2 rings (SSSR count). The Balaban J connectivity index is 2.18. The predicted octanol–water partition coefficient (Wildman–Crippen LogP) is 2.41. The summed E-state index contributed by atoms with van der Waals surface area (Å²) in [5, 5.41) is 0.738. The molecule has 0 radical (unpaired) electrons. The van der Waals surface area contributed by atoms with E-state index in [1.165, 1.54) is 0 Å². The molecule has 92 valence electrons. The molecule has 1 aliphatic rings. The lowest BCUT2D eigenvalue weighted by molar-refractivity contribution is 0.0788. The third-order valence-corrected chi connectivity index (χ3v) is 3.91. The number of likely N-dealkylation sites (tertiary alicyclic amines) is 1. The van der Waals surface area contributed by atoms with Crippen LogP contribution in [0.5, 0.6) is 0 Å². The van der Waals surface area contributed by atoms with Gasteiger partial charge in [-0.3, -0.25) is 4.79 Å². The summed E-state index contributed by atoms with van der Waals surface area (Å²) in [5.41, 5.74) is 6.07. The van der Waals surface area contributed by atoms with E-state index in [-0.39, 0.29) is 5.91 Å². The summed E-state index contributed by atoms with van der Waals surface area (Å²) in [6, 6.07) is 5.11. The van der Waals surface area contributed by atoms with Crippen LogP contribution in [0.25, 0.3) is 0 Å². The first-order valence-corrected chi connectivity index (χ1v) is 6.32. The van der Waals surface area contributed by atoms with Crippen molar-refractivity contribution in [3.05, 3.63) is 33.8 Å². The molecule has 0 unspecified atom stereocenters. The Morgan fingerprint density at radius 3 is 2.88 bits per heavy atom. The Kier molecular flexibility index (Phi) is 3.92. The standard InChI is InChI=1S/C12H14Cl2N2O/c13-10-3-1-2-9(11(10)14)12(17)16-5-4-8(6-15)7-16/h1-3,8H,4-7,15H2/t8-/m1/s1. The van der Waals surface area contributed by atoms with E-state index in [1.807, 2.05) is 0 Å². The Morgan fingerprint density at radius 2 is 2.24 bits per heavy atom. The van der Waals surface area contributed by atoms with Crippen molar-refractivity contribution in [3.8, 4) is 0 Å². The second-order valence-corrected chi connectivity index (χ2v) is 5.03. The molecule has 1 amide bonds. The molecular formula is C12H14Cl2N2O. The van der Waals surface area contributed by atoms with Gasteiger partial charge >= 0.3 is 0 Å². The van der Waals surface area contributed by atoms with Gasteiger partial charge in [0.2, 0.25) is 0 Å². The Bertz CT molecular complexity index is 437. The van der Waals surface area contributed by atoms with Crippen molar-refractivity contribution in [2.24, 2.45) is 11.7 Å². The van der Waals surface area contributed by atoms with Crippen molar-refractivity contribution < 1.29 is 4.79 Å². The first-order valence-electron chi connectivity index (χ1n) is 5.57. The number of carbonyl (C=O) groups excluding carboxylic acids is 1. The molecule has 0 bridgehead atoms.